The largest absolute Gasteiger partial charge is 0.416 e. The Bertz CT molecular complexity index is 1620. The van der Waals surface area contributed by atoms with E-state index in [-0.39, 0.29) is 17.8 Å². The number of nitrogens with zero attached hydrogens (tertiary/aromatic N) is 3. The Kier molecular flexibility index (Phi) is 5.89. The van der Waals surface area contributed by atoms with Crippen LogP contribution in [0.3, 0.4) is 0 Å². The second kappa shape index (κ2) is 9.18. The Hall–Kier alpha value is -4.66. The van der Waals surface area contributed by atoms with Crippen LogP contribution >= 0.6 is 0 Å². The van der Waals surface area contributed by atoms with E-state index in [2.05, 4.69) is 10.4 Å². The molecule has 0 aliphatic carbocycles. The van der Waals surface area contributed by atoms with Gasteiger partial charge in [-0.2, -0.15) is 18.3 Å². The molecule has 0 fully saturated rings. The summed E-state index contributed by atoms with van der Waals surface area (Å²) in [6.45, 7) is 0.113. The highest BCUT2D eigenvalue weighted by Gasteiger charge is 2.31. The maximum atomic E-state index is 13.4. The van der Waals surface area contributed by atoms with Gasteiger partial charge in [-0.15, -0.1) is 0 Å². The summed E-state index contributed by atoms with van der Waals surface area (Å²) in [6, 6.07) is 22.1. The third-order valence-corrected chi connectivity index (χ3v) is 5.70. The molecule has 0 aliphatic heterocycles. The molecule has 5 rings (SSSR count). The van der Waals surface area contributed by atoms with Gasteiger partial charge < -0.3 is 5.32 Å². The van der Waals surface area contributed by atoms with Gasteiger partial charge in [0.1, 0.15) is 5.56 Å². The summed E-state index contributed by atoms with van der Waals surface area (Å²) in [5.74, 6) is -0.640. The average molecular weight is 488 g/mol. The van der Waals surface area contributed by atoms with Crippen LogP contribution in [0.5, 0.6) is 0 Å². The first-order valence-corrected chi connectivity index (χ1v) is 11.0. The molecule has 0 atom stereocenters. The van der Waals surface area contributed by atoms with Crippen molar-refractivity contribution in [2.24, 2.45) is 0 Å². The van der Waals surface area contributed by atoms with Crippen LogP contribution in [0, 0.1) is 0 Å². The fourth-order valence-corrected chi connectivity index (χ4v) is 3.95. The van der Waals surface area contributed by atoms with Gasteiger partial charge in [0.05, 0.1) is 23.0 Å². The van der Waals surface area contributed by atoms with Crippen molar-refractivity contribution in [2.75, 3.05) is 0 Å². The van der Waals surface area contributed by atoms with E-state index in [4.69, 9.17) is 0 Å². The predicted molar refractivity (Wildman–Crippen MR) is 129 cm³/mol. The van der Waals surface area contributed by atoms with Gasteiger partial charge >= 0.3 is 6.18 Å². The topological polar surface area (TPSA) is 68.9 Å². The lowest BCUT2D eigenvalue weighted by molar-refractivity contribution is -0.137. The number of rotatable bonds is 5. The van der Waals surface area contributed by atoms with Gasteiger partial charge in [-0.25, -0.2) is 4.68 Å². The number of para-hydroxylation sites is 2. The van der Waals surface area contributed by atoms with Crippen LogP contribution in [0.1, 0.15) is 21.5 Å². The SMILES string of the molecule is O=C(NCc1cnn(-c2ccccc2)c1)c1cc2ccccc2n(-c2cccc(C(F)(F)F)c2)c1=O. The van der Waals surface area contributed by atoms with Gasteiger partial charge in [-0.3, -0.25) is 14.2 Å². The van der Waals surface area contributed by atoms with Crippen molar-refractivity contribution in [3.05, 3.63) is 124 Å². The molecule has 180 valence electrons. The van der Waals surface area contributed by atoms with Crippen LogP contribution in [0.4, 0.5) is 13.2 Å². The summed E-state index contributed by atoms with van der Waals surface area (Å²) < 4.78 is 42.8. The minimum atomic E-state index is -4.57. The van der Waals surface area contributed by atoms with Gasteiger partial charge in [0, 0.05) is 24.0 Å². The Morgan fingerprint density at radius 3 is 2.39 bits per heavy atom. The molecule has 3 aromatic carbocycles. The summed E-state index contributed by atoms with van der Waals surface area (Å²) >= 11 is 0. The fourth-order valence-electron chi connectivity index (χ4n) is 3.95. The number of halogens is 3. The van der Waals surface area contributed by atoms with Crippen LogP contribution in [0.25, 0.3) is 22.3 Å². The molecule has 1 N–H and O–H groups in total. The Morgan fingerprint density at radius 1 is 0.889 bits per heavy atom. The molecule has 0 saturated carbocycles. The molecule has 2 heterocycles. The molecule has 0 radical (unpaired) electrons. The van der Waals surface area contributed by atoms with Crippen molar-refractivity contribution in [1.82, 2.24) is 19.7 Å². The average Bonchev–Trinajstić information content (AvgIpc) is 3.36. The van der Waals surface area contributed by atoms with Crippen LogP contribution in [-0.2, 0) is 12.7 Å². The Labute approximate surface area is 203 Å². The molecule has 0 bridgehead atoms. The summed E-state index contributed by atoms with van der Waals surface area (Å²) in [6.07, 6.45) is -1.21. The first kappa shape index (κ1) is 23.1. The van der Waals surface area contributed by atoms with E-state index in [0.29, 0.717) is 16.5 Å². The zero-order valence-corrected chi connectivity index (χ0v) is 18.7. The number of hydrogen-bond acceptors (Lipinski definition) is 3. The highest BCUT2D eigenvalue weighted by atomic mass is 19.4. The second-order valence-corrected chi connectivity index (χ2v) is 8.12. The van der Waals surface area contributed by atoms with Gasteiger partial charge in [-0.05, 0) is 47.9 Å². The van der Waals surface area contributed by atoms with Crippen molar-refractivity contribution in [3.8, 4) is 11.4 Å². The fraction of sp³-hybridized carbons (Fsp3) is 0.0741. The number of fused-ring (bicyclic) bond motifs is 1. The molecule has 0 saturated heterocycles. The van der Waals surface area contributed by atoms with Gasteiger partial charge in [-0.1, -0.05) is 42.5 Å². The molecular formula is C27H19F3N4O2. The second-order valence-electron chi connectivity index (χ2n) is 8.12. The van der Waals surface area contributed by atoms with Crippen molar-refractivity contribution in [1.29, 1.82) is 0 Å². The van der Waals surface area contributed by atoms with Crippen molar-refractivity contribution in [3.63, 3.8) is 0 Å². The monoisotopic (exact) mass is 488 g/mol. The molecule has 0 aliphatic rings. The Balaban J connectivity index is 1.49. The van der Waals surface area contributed by atoms with E-state index in [1.54, 1.807) is 41.3 Å². The van der Waals surface area contributed by atoms with Gasteiger partial charge in [0.25, 0.3) is 11.5 Å². The van der Waals surface area contributed by atoms with E-state index in [9.17, 15) is 22.8 Å². The van der Waals surface area contributed by atoms with Gasteiger partial charge in [0.2, 0.25) is 0 Å². The Morgan fingerprint density at radius 2 is 1.61 bits per heavy atom. The molecular weight excluding hydrogens is 469 g/mol. The normalized spacial score (nSPS) is 11.5. The summed E-state index contributed by atoms with van der Waals surface area (Å²) in [5, 5.41) is 7.54. The third-order valence-electron chi connectivity index (χ3n) is 5.70. The number of hydrogen-bond donors (Lipinski definition) is 1. The summed E-state index contributed by atoms with van der Waals surface area (Å²) in [7, 11) is 0. The molecule has 5 aromatic rings. The summed E-state index contributed by atoms with van der Waals surface area (Å²) in [4.78, 5) is 26.4. The maximum Gasteiger partial charge on any atom is 0.416 e. The van der Waals surface area contributed by atoms with Crippen molar-refractivity contribution < 1.29 is 18.0 Å². The van der Waals surface area contributed by atoms with E-state index in [1.165, 1.54) is 18.2 Å². The molecule has 2 aromatic heterocycles. The number of amides is 1. The molecule has 6 nitrogen and oxygen atoms in total. The first-order valence-electron chi connectivity index (χ1n) is 11.0. The maximum absolute atomic E-state index is 13.4. The van der Waals surface area contributed by atoms with E-state index >= 15 is 0 Å². The van der Waals surface area contributed by atoms with Crippen LogP contribution < -0.4 is 10.9 Å². The van der Waals surface area contributed by atoms with E-state index in [0.717, 1.165) is 22.4 Å². The van der Waals surface area contributed by atoms with Crippen LogP contribution in [0.15, 0.2) is 102 Å². The van der Waals surface area contributed by atoms with Gasteiger partial charge in [0.15, 0.2) is 0 Å². The van der Waals surface area contributed by atoms with E-state index < -0.39 is 23.2 Å². The number of alkyl halides is 3. The minimum absolute atomic E-state index is 0.0183. The number of carbonyl (C=O) groups is 1. The highest BCUT2D eigenvalue weighted by molar-refractivity contribution is 5.97. The van der Waals surface area contributed by atoms with Crippen molar-refractivity contribution >= 4 is 16.8 Å². The highest BCUT2D eigenvalue weighted by Crippen LogP contribution is 2.30. The third kappa shape index (κ3) is 4.50. The number of pyridine rings is 1. The molecule has 0 spiro atoms. The number of nitrogens with one attached hydrogen (secondary N) is 1. The lowest BCUT2D eigenvalue weighted by Gasteiger charge is -2.15. The molecule has 9 heteroatoms. The lowest BCUT2D eigenvalue weighted by atomic mass is 10.1. The quantitative estimate of drug-likeness (QED) is 0.373. The molecule has 36 heavy (non-hydrogen) atoms. The first-order chi connectivity index (χ1) is 17.3. The number of carbonyl (C=O) groups excluding carboxylic acids is 1. The molecule has 0 unspecified atom stereocenters. The van der Waals surface area contributed by atoms with Crippen LogP contribution in [0.2, 0.25) is 0 Å². The minimum Gasteiger partial charge on any atom is -0.348 e. The molecule has 1 amide bonds. The zero-order chi connectivity index (χ0) is 25.3. The summed E-state index contributed by atoms with van der Waals surface area (Å²) in [5.41, 5.74) is 0.195. The lowest BCUT2D eigenvalue weighted by Crippen LogP contribution is -2.32. The number of aromatic nitrogens is 3. The number of benzene rings is 3. The zero-order valence-electron chi connectivity index (χ0n) is 18.7. The van der Waals surface area contributed by atoms with Crippen LogP contribution in [-0.4, -0.2) is 20.3 Å². The smallest absolute Gasteiger partial charge is 0.348 e. The van der Waals surface area contributed by atoms with E-state index in [1.807, 2.05) is 30.3 Å². The predicted octanol–water partition coefficient (Wildman–Crippen LogP) is 5.13. The standard InChI is InChI=1S/C27H19F3N4O2/c28-27(29,30)20-8-6-11-22(14-20)34-24-12-5-4-7-19(24)13-23(26(34)36)25(35)31-15-18-16-32-33(17-18)21-9-2-1-3-10-21/h1-14,16-17H,15H2,(H,31,35). The van der Waals surface area contributed by atoms with Crippen molar-refractivity contribution in [2.45, 2.75) is 12.7 Å².